The van der Waals surface area contributed by atoms with Crippen LogP contribution in [0.4, 0.5) is 4.39 Å². The number of hydrogen-bond donors (Lipinski definition) is 0. The molecule has 0 aliphatic carbocycles. The first kappa shape index (κ1) is 24.5. The van der Waals surface area contributed by atoms with Crippen LogP contribution in [0.5, 0.6) is 0 Å². The zero-order chi connectivity index (χ0) is 23.0. The summed E-state index contributed by atoms with van der Waals surface area (Å²) in [4.78, 5) is 30.4. The Kier molecular flexibility index (Phi) is 9.18. The molecule has 1 aromatic carbocycles. The summed E-state index contributed by atoms with van der Waals surface area (Å²) in [7, 11) is 2.56. The molecule has 3 rings (SSSR count). The maximum absolute atomic E-state index is 12.8. The molecule has 3 aromatic rings. The number of benzene rings is 1. The lowest BCUT2D eigenvalue weighted by Crippen LogP contribution is -2.08. The second-order valence-corrected chi connectivity index (χ2v) is 7.16. The molecule has 0 amide bonds. The van der Waals surface area contributed by atoms with E-state index in [1.807, 2.05) is 0 Å². The number of hydrogen-bond acceptors (Lipinski definition) is 6. The van der Waals surface area contributed by atoms with Crippen LogP contribution in [0.2, 0.25) is 15.2 Å². The normalized spacial score (nSPS) is 10.0. The number of carbonyl (C=O) groups excluding carboxylic acids is 2. The summed E-state index contributed by atoms with van der Waals surface area (Å²) in [5.74, 6) is -1.34. The van der Waals surface area contributed by atoms with Gasteiger partial charge in [0.1, 0.15) is 11.0 Å². The Morgan fingerprint density at radius 2 is 1.39 bits per heavy atom. The monoisotopic (exact) mass is 484 g/mol. The van der Waals surface area contributed by atoms with E-state index in [-0.39, 0.29) is 16.5 Å². The third kappa shape index (κ3) is 7.17. The molecule has 0 fully saturated rings. The zero-order valence-corrected chi connectivity index (χ0v) is 18.6. The van der Waals surface area contributed by atoms with Gasteiger partial charge in [0.25, 0.3) is 0 Å². The van der Waals surface area contributed by atoms with Crippen molar-refractivity contribution in [3.05, 3.63) is 92.2 Å². The molecule has 6 nitrogen and oxygen atoms in total. The quantitative estimate of drug-likeness (QED) is 0.362. The first-order valence-corrected chi connectivity index (χ1v) is 9.75. The maximum atomic E-state index is 12.8. The maximum Gasteiger partial charge on any atom is 0.341 e. The van der Waals surface area contributed by atoms with Crippen molar-refractivity contribution < 1.29 is 23.5 Å². The number of methoxy groups -OCH3 is 2. The number of carbonyl (C=O) groups is 2. The Labute approximate surface area is 192 Å². The average molecular weight is 486 g/mol. The van der Waals surface area contributed by atoms with Crippen LogP contribution in [0.25, 0.3) is 0 Å². The van der Waals surface area contributed by atoms with E-state index < -0.39 is 11.9 Å². The van der Waals surface area contributed by atoms with Crippen LogP contribution in [-0.4, -0.2) is 36.1 Å². The molecule has 162 valence electrons. The number of ether oxygens (including phenoxy) is 2. The minimum absolute atomic E-state index is 0.0891. The molecular weight excluding hydrogens is 470 g/mol. The van der Waals surface area contributed by atoms with Crippen molar-refractivity contribution in [1.82, 2.24) is 9.97 Å². The van der Waals surface area contributed by atoms with Crippen LogP contribution < -0.4 is 0 Å². The molecule has 31 heavy (non-hydrogen) atoms. The lowest BCUT2D eigenvalue weighted by molar-refractivity contribution is 0.0590. The first-order valence-electron chi connectivity index (χ1n) is 8.61. The molecule has 0 aliphatic rings. The lowest BCUT2D eigenvalue weighted by atomic mass is 10.1. The van der Waals surface area contributed by atoms with Gasteiger partial charge in [-0.3, -0.25) is 4.98 Å². The molecular formula is C21H16Cl3FN2O4. The van der Waals surface area contributed by atoms with Gasteiger partial charge in [-0.25, -0.2) is 19.0 Å². The van der Waals surface area contributed by atoms with Gasteiger partial charge in [0, 0.05) is 18.8 Å². The third-order valence-electron chi connectivity index (χ3n) is 3.84. The Morgan fingerprint density at radius 1 is 0.871 bits per heavy atom. The van der Waals surface area contributed by atoms with Crippen LogP contribution in [-0.2, 0) is 15.9 Å². The summed E-state index contributed by atoms with van der Waals surface area (Å²) >= 11 is 17.0. The largest absolute Gasteiger partial charge is 0.465 e. The second-order valence-electron chi connectivity index (χ2n) is 5.93. The van der Waals surface area contributed by atoms with Gasteiger partial charge < -0.3 is 9.47 Å². The smallest absolute Gasteiger partial charge is 0.341 e. The predicted molar refractivity (Wildman–Crippen MR) is 115 cm³/mol. The Hall–Kier alpha value is -2.74. The highest BCUT2D eigenvalue weighted by atomic mass is 35.5. The molecule has 0 N–H and O–H groups in total. The average Bonchev–Trinajstić information content (AvgIpc) is 2.77. The number of pyridine rings is 2. The first-order chi connectivity index (χ1) is 14.7. The van der Waals surface area contributed by atoms with Crippen molar-refractivity contribution in [3.8, 4) is 0 Å². The van der Waals surface area contributed by atoms with Crippen LogP contribution in [0, 0.1) is 5.82 Å². The Bertz CT molecular complexity index is 1080. The molecule has 0 radical (unpaired) electrons. The predicted octanol–water partition coefficient (Wildman–Crippen LogP) is 5.43. The highest BCUT2D eigenvalue weighted by Gasteiger charge is 2.14. The summed E-state index contributed by atoms with van der Waals surface area (Å²) in [5, 5.41) is 0.800. The standard InChI is InChI=1S/C14H11ClFNO2.C7H5Cl2NO2/c1-19-14(18)12-7-10(15)8-17-13(12)6-9-2-4-11(16)5-3-9;1-12-7(11)5-2-4(8)3-10-6(5)9/h2-5,7-8H,6H2,1H3;2-3H,1H3. The van der Waals surface area contributed by atoms with Crippen molar-refractivity contribution in [1.29, 1.82) is 0 Å². The minimum Gasteiger partial charge on any atom is -0.465 e. The molecule has 0 unspecified atom stereocenters. The van der Waals surface area contributed by atoms with E-state index in [4.69, 9.17) is 39.5 Å². The third-order valence-corrected chi connectivity index (χ3v) is 4.55. The van der Waals surface area contributed by atoms with E-state index in [9.17, 15) is 14.0 Å². The van der Waals surface area contributed by atoms with Crippen LogP contribution in [0.15, 0.2) is 48.8 Å². The van der Waals surface area contributed by atoms with Gasteiger partial charge in [-0.15, -0.1) is 0 Å². The van der Waals surface area contributed by atoms with E-state index >= 15 is 0 Å². The van der Waals surface area contributed by atoms with Crippen molar-refractivity contribution in [2.75, 3.05) is 14.2 Å². The number of esters is 2. The van der Waals surface area contributed by atoms with Crippen molar-refractivity contribution in [2.24, 2.45) is 0 Å². The summed E-state index contributed by atoms with van der Waals surface area (Å²) in [6.07, 6.45) is 3.23. The van der Waals surface area contributed by atoms with E-state index in [2.05, 4.69) is 14.7 Å². The summed E-state index contributed by atoms with van der Waals surface area (Å²) in [6, 6.07) is 8.94. The minimum atomic E-state index is -0.546. The summed E-state index contributed by atoms with van der Waals surface area (Å²) < 4.78 is 22.0. The molecule has 0 saturated heterocycles. The fraction of sp³-hybridized carbons (Fsp3) is 0.143. The van der Waals surface area contributed by atoms with Crippen molar-refractivity contribution >= 4 is 46.7 Å². The van der Waals surface area contributed by atoms with Gasteiger partial charge in [0.2, 0.25) is 0 Å². The summed E-state index contributed by atoms with van der Waals surface area (Å²) in [6.45, 7) is 0. The lowest BCUT2D eigenvalue weighted by Gasteiger charge is -2.07. The van der Waals surface area contributed by atoms with E-state index in [1.165, 1.54) is 50.9 Å². The number of halogens is 4. The molecule has 0 atom stereocenters. The van der Waals surface area contributed by atoms with Crippen LogP contribution in [0.3, 0.4) is 0 Å². The second kappa shape index (κ2) is 11.6. The molecule has 0 spiro atoms. The fourth-order valence-electron chi connectivity index (χ4n) is 2.37. The highest BCUT2D eigenvalue weighted by molar-refractivity contribution is 6.34. The zero-order valence-electron chi connectivity index (χ0n) is 16.4. The van der Waals surface area contributed by atoms with E-state index in [0.29, 0.717) is 27.7 Å². The van der Waals surface area contributed by atoms with Crippen LogP contribution in [0.1, 0.15) is 32.0 Å². The summed E-state index contributed by atoms with van der Waals surface area (Å²) in [5.41, 5.74) is 1.88. The number of nitrogens with zero attached hydrogens (tertiary/aromatic N) is 2. The van der Waals surface area contributed by atoms with Gasteiger partial charge in [-0.1, -0.05) is 46.9 Å². The topological polar surface area (TPSA) is 78.4 Å². The molecule has 0 saturated carbocycles. The van der Waals surface area contributed by atoms with E-state index in [0.717, 1.165) is 5.56 Å². The molecule has 2 heterocycles. The molecule has 2 aromatic heterocycles. The Balaban J connectivity index is 0.000000245. The van der Waals surface area contributed by atoms with Crippen molar-refractivity contribution in [2.45, 2.75) is 6.42 Å². The highest BCUT2D eigenvalue weighted by Crippen LogP contribution is 2.19. The van der Waals surface area contributed by atoms with Gasteiger partial charge >= 0.3 is 11.9 Å². The fourth-order valence-corrected chi connectivity index (χ4v) is 2.86. The van der Waals surface area contributed by atoms with Gasteiger partial charge in [-0.2, -0.15) is 0 Å². The number of aromatic nitrogens is 2. The molecule has 0 bridgehead atoms. The van der Waals surface area contributed by atoms with E-state index in [1.54, 1.807) is 12.1 Å². The van der Waals surface area contributed by atoms with Crippen molar-refractivity contribution in [3.63, 3.8) is 0 Å². The molecule has 10 heteroatoms. The SMILES string of the molecule is COC(=O)c1cc(Cl)cnc1Cc1ccc(F)cc1.COC(=O)c1cc(Cl)cnc1Cl. The van der Waals surface area contributed by atoms with Gasteiger partial charge in [0.15, 0.2) is 0 Å². The van der Waals surface area contributed by atoms with Gasteiger partial charge in [-0.05, 0) is 29.8 Å². The number of rotatable bonds is 4. The Morgan fingerprint density at radius 3 is 1.97 bits per heavy atom. The molecule has 0 aliphatic heterocycles. The van der Waals surface area contributed by atoms with Crippen LogP contribution >= 0.6 is 34.8 Å². The van der Waals surface area contributed by atoms with Gasteiger partial charge in [0.05, 0.1) is 41.1 Å².